The lowest BCUT2D eigenvalue weighted by molar-refractivity contribution is 0.381. The number of rotatable bonds is 1. The van der Waals surface area contributed by atoms with Gasteiger partial charge in [0.05, 0.1) is 5.56 Å². The molecule has 0 bridgehead atoms. The first-order chi connectivity index (χ1) is 8.84. The Hall–Kier alpha value is -1.18. The van der Waals surface area contributed by atoms with Crippen LogP contribution in [0, 0.1) is 39.6 Å². The van der Waals surface area contributed by atoms with Gasteiger partial charge < -0.3 is 0 Å². The van der Waals surface area contributed by atoms with E-state index in [1.165, 1.54) is 13.0 Å². The van der Waals surface area contributed by atoms with Gasteiger partial charge in [-0.25, -0.2) is 22.0 Å². The second-order valence-electron chi connectivity index (χ2n) is 3.90. The highest BCUT2D eigenvalue weighted by Gasteiger charge is 2.27. The lowest BCUT2D eigenvalue weighted by Crippen LogP contribution is -2.04. The third-order valence-electron chi connectivity index (χ3n) is 2.68. The number of benzene rings is 2. The first-order valence-electron chi connectivity index (χ1n) is 5.12. The highest BCUT2D eigenvalue weighted by Crippen LogP contribution is 2.34. The Kier molecular flexibility index (Phi) is 3.80. The highest BCUT2D eigenvalue weighted by atomic mass is 127. The molecule has 0 fully saturated rings. The monoisotopic (exact) mass is 384 g/mol. The molecule has 0 saturated carbocycles. The minimum absolute atomic E-state index is 0.0142. The molecule has 2 aromatic carbocycles. The van der Waals surface area contributed by atoms with E-state index in [4.69, 9.17) is 0 Å². The van der Waals surface area contributed by atoms with E-state index in [0.29, 0.717) is 9.13 Å². The number of halogens is 6. The van der Waals surface area contributed by atoms with Gasteiger partial charge in [0, 0.05) is 3.57 Å². The predicted octanol–water partition coefficient (Wildman–Crippen LogP) is 4.96. The van der Waals surface area contributed by atoms with E-state index < -0.39 is 34.6 Å². The van der Waals surface area contributed by atoms with Crippen LogP contribution in [-0.2, 0) is 0 Å². The average Bonchev–Trinajstić information content (AvgIpc) is 2.38. The summed E-state index contributed by atoms with van der Waals surface area (Å²) >= 11 is 1.89. The molecule has 6 heteroatoms. The summed E-state index contributed by atoms with van der Waals surface area (Å²) < 4.78 is 67.3. The summed E-state index contributed by atoms with van der Waals surface area (Å²) in [6.07, 6.45) is 0. The maximum Gasteiger partial charge on any atom is 0.200 e. The predicted molar refractivity (Wildman–Crippen MR) is 69.1 cm³/mol. The van der Waals surface area contributed by atoms with E-state index in [0.717, 1.165) is 0 Å². The third kappa shape index (κ3) is 2.33. The van der Waals surface area contributed by atoms with Crippen LogP contribution in [0.4, 0.5) is 22.0 Å². The van der Waals surface area contributed by atoms with Gasteiger partial charge in [-0.05, 0) is 52.8 Å². The van der Waals surface area contributed by atoms with E-state index in [2.05, 4.69) is 0 Å². The molecule has 19 heavy (non-hydrogen) atoms. The summed E-state index contributed by atoms with van der Waals surface area (Å²) in [5, 5.41) is 0. The summed E-state index contributed by atoms with van der Waals surface area (Å²) in [6.45, 7) is 1.53. The average molecular weight is 384 g/mol. The zero-order valence-electron chi connectivity index (χ0n) is 9.50. The topological polar surface area (TPSA) is 0 Å². The lowest BCUT2D eigenvalue weighted by atomic mass is 9.99. The molecule has 0 atom stereocenters. The molecule has 0 nitrogen and oxygen atoms in total. The van der Waals surface area contributed by atoms with Crippen LogP contribution in [0.2, 0.25) is 0 Å². The third-order valence-corrected chi connectivity index (χ3v) is 3.35. The molecule has 0 N–H and O–H groups in total. The maximum atomic E-state index is 13.7. The molecule has 0 heterocycles. The molecule has 0 saturated heterocycles. The van der Waals surface area contributed by atoms with E-state index >= 15 is 0 Å². The first kappa shape index (κ1) is 14.2. The van der Waals surface area contributed by atoms with Crippen molar-refractivity contribution in [2.45, 2.75) is 6.92 Å². The largest absolute Gasteiger partial charge is 0.203 e. The molecule has 0 amide bonds. The van der Waals surface area contributed by atoms with Crippen molar-refractivity contribution < 1.29 is 22.0 Å². The van der Waals surface area contributed by atoms with Gasteiger partial charge in [0.2, 0.25) is 5.82 Å². The van der Waals surface area contributed by atoms with Crippen molar-refractivity contribution in [2.75, 3.05) is 0 Å². The van der Waals surface area contributed by atoms with E-state index in [-0.39, 0.29) is 5.56 Å². The molecule has 0 radical (unpaired) electrons. The van der Waals surface area contributed by atoms with Crippen LogP contribution in [0.3, 0.4) is 0 Å². The normalized spacial score (nSPS) is 10.9. The van der Waals surface area contributed by atoms with E-state index in [1.54, 1.807) is 12.1 Å². The summed E-state index contributed by atoms with van der Waals surface area (Å²) in [5.41, 5.74) is -0.490. The highest BCUT2D eigenvalue weighted by molar-refractivity contribution is 14.1. The zero-order valence-corrected chi connectivity index (χ0v) is 11.7. The first-order valence-corrected chi connectivity index (χ1v) is 6.20. The van der Waals surface area contributed by atoms with Crippen molar-refractivity contribution >= 4 is 22.6 Å². The van der Waals surface area contributed by atoms with Crippen molar-refractivity contribution in [3.63, 3.8) is 0 Å². The van der Waals surface area contributed by atoms with Gasteiger partial charge in [0.1, 0.15) is 0 Å². The quantitative estimate of drug-likeness (QED) is 0.282. The Labute approximate surface area is 119 Å². The zero-order chi connectivity index (χ0) is 14.3. The Balaban J connectivity index is 2.87. The van der Waals surface area contributed by atoms with Crippen LogP contribution in [0.15, 0.2) is 18.2 Å². The van der Waals surface area contributed by atoms with Gasteiger partial charge in [-0.3, -0.25) is 0 Å². The molecule has 2 rings (SSSR count). The summed E-state index contributed by atoms with van der Waals surface area (Å²) in [4.78, 5) is 0. The molecule has 0 aliphatic rings. The van der Waals surface area contributed by atoms with Crippen LogP contribution < -0.4 is 0 Å². The SMILES string of the molecule is Cc1ccc(I)cc1-c1c(F)c(F)c(F)c(F)c1F. The standard InChI is InChI=1S/C13H6F5I/c1-5-2-3-6(19)4-7(5)8-9(14)11(16)13(18)12(17)10(8)15/h2-4H,1H3. The van der Waals surface area contributed by atoms with Gasteiger partial charge in [-0.2, -0.15) is 0 Å². The van der Waals surface area contributed by atoms with Crippen LogP contribution in [0.25, 0.3) is 11.1 Å². The fourth-order valence-electron chi connectivity index (χ4n) is 1.70. The van der Waals surface area contributed by atoms with Crippen LogP contribution >= 0.6 is 22.6 Å². The van der Waals surface area contributed by atoms with Crippen molar-refractivity contribution in [3.05, 3.63) is 56.4 Å². The van der Waals surface area contributed by atoms with Gasteiger partial charge >= 0.3 is 0 Å². The molecule has 0 spiro atoms. The van der Waals surface area contributed by atoms with E-state index in [9.17, 15) is 22.0 Å². The summed E-state index contributed by atoms with van der Waals surface area (Å²) in [7, 11) is 0. The molecule has 100 valence electrons. The minimum Gasteiger partial charge on any atom is -0.203 e. The maximum absolute atomic E-state index is 13.7. The number of aryl methyl sites for hydroxylation is 1. The Morgan fingerprint density at radius 3 is 1.79 bits per heavy atom. The molecule has 0 aliphatic carbocycles. The lowest BCUT2D eigenvalue weighted by Gasteiger charge is -2.11. The van der Waals surface area contributed by atoms with Gasteiger partial charge in [-0.15, -0.1) is 0 Å². The number of hydrogen-bond acceptors (Lipinski definition) is 0. The van der Waals surface area contributed by atoms with Crippen LogP contribution in [0.1, 0.15) is 5.56 Å². The van der Waals surface area contributed by atoms with Crippen molar-refractivity contribution in [1.82, 2.24) is 0 Å². The smallest absolute Gasteiger partial charge is 0.200 e. The Bertz CT molecular complexity index is 638. The molecule has 2 aromatic rings. The second kappa shape index (κ2) is 5.07. The van der Waals surface area contributed by atoms with Crippen LogP contribution in [-0.4, -0.2) is 0 Å². The fraction of sp³-hybridized carbons (Fsp3) is 0.0769. The molecule has 0 aromatic heterocycles. The minimum atomic E-state index is -2.15. The Morgan fingerprint density at radius 1 is 0.789 bits per heavy atom. The van der Waals surface area contributed by atoms with Crippen molar-refractivity contribution in [2.24, 2.45) is 0 Å². The van der Waals surface area contributed by atoms with Gasteiger partial charge in [0.25, 0.3) is 0 Å². The summed E-state index contributed by atoms with van der Waals surface area (Å²) in [6, 6.07) is 4.59. The molecule has 0 aliphatic heterocycles. The van der Waals surface area contributed by atoms with Crippen molar-refractivity contribution in [3.8, 4) is 11.1 Å². The second-order valence-corrected chi connectivity index (χ2v) is 5.15. The van der Waals surface area contributed by atoms with E-state index in [1.807, 2.05) is 22.6 Å². The fourth-order valence-corrected chi connectivity index (χ4v) is 2.20. The van der Waals surface area contributed by atoms with Crippen LogP contribution in [0.5, 0.6) is 0 Å². The van der Waals surface area contributed by atoms with Gasteiger partial charge in [0.15, 0.2) is 23.3 Å². The molecular weight excluding hydrogens is 378 g/mol. The van der Waals surface area contributed by atoms with Gasteiger partial charge in [-0.1, -0.05) is 6.07 Å². The Morgan fingerprint density at radius 2 is 1.26 bits per heavy atom. The number of hydrogen-bond donors (Lipinski definition) is 0. The molecular formula is C13H6F5I. The molecule has 0 unspecified atom stereocenters. The summed E-state index contributed by atoms with van der Waals surface area (Å²) in [5.74, 6) is -9.66. The van der Waals surface area contributed by atoms with Crippen molar-refractivity contribution in [1.29, 1.82) is 0 Å².